The summed E-state index contributed by atoms with van der Waals surface area (Å²) in [6, 6.07) is 13.8. The number of unbranched alkanes of at least 4 members (excludes halogenated alkanes) is 2. The lowest BCUT2D eigenvalue weighted by atomic mass is 10.0. The number of ether oxygens (including phenoxy) is 1. The Kier molecular flexibility index (Phi) is 8.24. The zero-order valence-electron chi connectivity index (χ0n) is 18.8. The predicted octanol–water partition coefficient (Wildman–Crippen LogP) is 5.35. The maximum atomic E-state index is 13.7. The fourth-order valence-electron chi connectivity index (χ4n) is 4.03. The van der Waals surface area contributed by atoms with Crippen LogP contribution in [-0.2, 0) is 11.3 Å². The summed E-state index contributed by atoms with van der Waals surface area (Å²) in [5, 5.41) is 0. The third-order valence-corrected chi connectivity index (χ3v) is 5.95. The minimum absolute atomic E-state index is 0.0889. The molecular weight excluding hydrogens is 391 g/mol. The van der Waals surface area contributed by atoms with Crippen LogP contribution in [0.4, 0.5) is 4.39 Å². The van der Waals surface area contributed by atoms with Crippen molar-refractivity contribution >= 4 is 5.91 Å². The van der Waals surface area contributed by atoms with Crippen molar-refractivity contribution in [1.82, 2.24) is 9.80 Å². The van der Waals surface area contributed by atoms with E-state index in [1.807, 2.05) is 36.1 Å². The van der Waals surface area contributed by atoms with Crippen LogP contribution >= 0.6 is 0 Å². The molecule has 0 spiro atoms. The van der Waals surface area contributed by atoms with Crippen molar-refractivity contribution in [1.29, 1.82) is 0 Å². The number of hydrogen-bond acceptors (Lipinski definition) is 3. The van der Waals surface area contributed by atoms with Crippen LogP contribution in [0.3, 0.4) is 0 Å². The second-order valence-corrected chi connectivity index (χ2v) is 8.12. The number of hydrogen-bond donors (Lipinski definition) is 0. The van der Waals surface area contributed by atoms with Gasteiger partial charge in [-0.25, -0.2) is 4.39 Å². The number of rotatable bonds is 8. The van der Waals surface area contributed by atoms with Gasteiger partial charge in [0.25, 0.3) is 0 Å². The molecule has 0 unspecified atom stereocenters. The highest BCUT2D eigenvalue weighted by atomic mass is 19.1. The van der Waals surface area contributed by atoms with Crippen LogP contribution in [0.15, 0.2) is 60.7 Å². The lowest BCUT2D eigenvalue weighted by molar-refractivity contribution is -0.139. The molecule has 0 N–H and O–H groups in total. The van der Waals surface area contributed by atoms with Gasteiger partial charge in [0.2, 0.25) is 5.91 Å². The van der Waals surface area contributed by atoms with Crippen molar-refractivity contribution in [2.24, 2.45) is 0 Å². The zero-order chi connectivity index (χ0) is 22.2. The SMILES string of the molecule is CCCCCN1C/C=C\[C@H](c2ccc(OC)cc2)N(Cc2ccc(F)cc2)C(=O)[C@@H]1C. The third kappa shape index (κ3) is 5.95. The average Bonchev–Trinajstić information content (AvgIpc) is 2.79. The van der Waals surface area contributed by atoms with Crippen molar-refractivity contribution in [2.75, 3.05) is 20.2 Å². The van der Waals surface area contributed by atoms with E-state index in [1.54, 1.807) is 19.2 Å². The Bertz CT molecular complexity index is 864. The van der Waals surface area contributed by atoms with Crippen LogP contribution in [0.25, 0.3) is 0 Å². The van der Waals surface area contributed by atoms with Gasteiger partial charge in [0, 0.05) is 13.1 Å². The summed E-state index contributed by atoms with van der Waals surface area (Å²) in [6.45, 7) is 6.27. The molecule has 1 amide bonds. The van der Waals surface area contributed by atoms with Crippen molar-refractivity contribution in [3.8, 4) is 5.75 Å². The predicted molar refractivity (Wildman–Crippen MR) is 122 cm³/mol. The Labute approximate surface area is 185 Å². The molecule has 166 valence electrons. The fourth-order valence-corrected chi connectivity index (χ4v) is 4.03. The van der Waals surface area contributed by atoms with Crippen LogP contribution in [0.5, 0.6) is 5.75 Å². The number of halogens is 1. The molecule has 0 saturated heterocycles. The van der Waals surface area contributed by atoms with E-state index in [0.29, 0.717) is 6.54 Å². The number of carbonyl (C=O) groups excluding carboxylic acids is 1. The Morgan fingerprint density at radius 1 is 1.06 bits per heavy atom. The Balaban J connectivity index is 1.92. The molecule has 0 bridgehead atoms. The van der Waals surface area contributed by atoms with E-state index < -0.39 is 0 Å². The van der Waals surface area contributed by atoms with Gasteiger partial charge in [0.05, 0.1) is 19.2 Å². The number of methoxy groups -OCH3 is 1. The van der Waals surface area contributed by atoms with Gasteiger partial charge in [-0.1, -0.05) is 56.2 Å². The minimum Gasteiger partial charge on any atom is -0.497 e. The summed E-state index contributed by atoms with van der Waals surface area (Å²) in [5.74, 6) is 0.598. The van der Waals surface area contributed by atoms with Gasteiger partial charge in [0.1, 0.15) is 11.6 Å². The second-order valence-electron chi connectivity index (χ2n) is 8.12. The first-order chi connectivity index (χ1) is 15.0. The molecule has 4 nitrogen and oxygen atoms in total. The van der Waals surface area contributed by atoms with E-state index in [2.05, 4.69) is 24.0 Å². The molecule has 3 rings (SSSR count). The molecule has 0 saturated carbocycles. The van der Waals surface area contributed by atoms with Gasteiger partial charge < -0.3 is 9.64 Å². The first-order valence-corrected chi connectivity index (χ1v) is 11.1. The smallest absolute Gasteiger partial charge is 0.240 e. The number of carbonyl (C=O) groups is 1. The van der Waals surface area contributed by atoms with Crippen LogP contribution in [0.2, 0.25) is 0 Å². The van der Waals surface area contributed by atoms with Gasteiger partial charge >= 0.3 is 0 Å². The Morgan fingerprint density at radius 3 is 2.42 bits per heavy atom. The first-order valence-electron chi connectivity index (χ1n) is 11.1. The topological polar surface area (TPSA) is 32.8 Å². The minimum atomic E-state index is -0.273. The number of amides is 1. The van der Waals surface area contributed by atoms with Gasteiger partial charge in [-0.3, -0.25) is 9.69 Å². The second kappa shape index (κ2) is 11.1. The first kappa shape index (κ1) is 23.0. The van der Waals surface area contributed by atoms with Gasteiger partial charge in [-0.2, -0.15) is 0 Å². The Morgan fingerprint density at radius 2 is 1.77 bits per heavy atom. The highest BCUT2D eigenvalue weighted by molar-refractivity contribution is 5.82. The largest absolute Gasteiger partial charge is 0.497 e. The summed E-state index contributed by atoms with van der Waals surface area (Å²) < 4.78 is 18.7. The van der Waals surface area contributed by atoms with Crippen molar-refractivity contribution < 1.29 is 13.9 Å². The molecule has 2 aromatic rings. The molecular formula is C26H33FN2O2. The molecule has 0 fully saturated rings. The van der Waals surface area contributed by atoms with E-state index in [4.69, 9.17) is 4.74 Å². The Hall–Kier alpha value is -2.66. The molecule has 0 aliphatic carbocycles. The molecule has 1 aliphatic heterocycles. The van der Waals surface area contributed by atoms with Crippen LogP contribution in [0.1, 0.15) is 50.3 Å². The molecule has 5 heteroatoms. The summed E-state index contributed by atoms with van der Waals surface area (Å²) in [4.78, 5) is 17.8. The molecule has 1 aliphatic rings. The summed E-state index contributed by atoms with van der Waals surface area (Å²) >= 11 is 0. The fraction of sp³-hybridized carbons (Fsp3) is 0.423. The summed E-state index contributed by atoms with van der Waals surface area (Å²) in [7, 11) is 1.64. The van der Waals surface area contributed by atoms with Crippen LogP contribution in [0, 0.1) is 5.82 Å². The number of nitrogens with zero attached hydrogens (tertiary/aromatic N) is 2. The summed E-state index contributed by atoms with van der Waals surface area (Å²) in [6.07, 6.45) is 7.68. The number of benzene rings is 2. The van der Waals surface area contributed by atoms with Crippen molar-refractivity contribution in [3.63, 3.8) is 0 Å². The standard InChI is InChI=1S/C26H33FN2O2/c1-4-5-6-17-28-18-7-8-25(22-11-15-24(31-3)16-12-22)29(26(30)20(28)2)19-21-9-13-23(27)14-10-21/h7-16,20,25H,4-6,17-19H2,1-3H3/b8-7-/t20-,25+/m0/s1. The van der Waals surface area contributed by atoms with E-state index in [0.717, 1.165) is 49.2 Å². The molecule has 0 radical (unpaired) electrons. The van der Waals surface area contributed by atoms with Crippen molar-refractivity contribution in [3.05, 3.63) is 77.6 Å². The van der Waals surface area contributed by atoms with E-state index in [1.165, 1.54) is 12.1 Å². The highest BCUT2D eigenvalue weighted by Crippen LogP contribution is 2.29. The summed E-state index contributed by atoms with van der Waals surface area (Å²) in [5.41, 5.74) is 1.94. The molecule has 2 atom stereocenters. The maximum absolute atomic E-state index is 13.7. The monoisotopic (exact) mass is 424 g/mol. The van der Waals surface area contributed by atoms with Gasteiger partial charge in [-0.15, -0.1) is 0 Å². The van der Waals surface area contributed by atoms with Gasteiger partial charge in [-0.05, 0) is 55.3 Å². The van der Waals surface area contributed by atoms with Crippen molar-refractivity contribution in [2.45, 2.75) is 51.7 Å². The van der Waals surface area contributed by atoms with E-state index in [9.17, 15) is 9.18 Å². The van der Waals surface area contributed by atoms with E-state index >= 15 is 0 Å². The average molecular weight is 425 g/mol. The normalized spacial score (nSPS) is 20.9. The molecule has 0 aromatic heterocycles. The third-order valence-electron chi connectivity index (χ3n) is 5.95. The lowest BCUT2D eigenvalue weighted by Crippen LogP contribution is -2.49. The van der Waals surface area contributed by atoms with Crippen LogP contribution < -0.4 is 4.74 Å². The maximum Gasteiger partial charge on any atom is 0.240 e. The molecule has 31 heavy (non-hydrogen) atoms. The zero-order valence-corrected chi connectivity index (χ0v) is 18.8. The van der Waals surface area contributed by atoms with Crippen LogP contribution in [-0.4, -0.2) is 41.9 Å². The van der Waals surface area contributed by atoms with Gasteiger partial charge in [0.15, 0.2) is 0 Å². The molecule has 2 aromatic carbocycles. The molecule has 1 heterocycles. The van der Waals surface area contributed by atoms with E-state index in [-0.39, 0.29) is 23.8 Å². The quantitative estimate of drug-likeness (QED) is 0.423. The lowest BCUT2D eigenvalue weighted by Gasteiger charge is -2.38. The highest BCUT2D eigenvalue weighted by Gasteiger charge is 2.31.